The summed E-state index contributed by atoms with van der Waals surface area (Å²) in [4.78, 5) is 2.24. The maximum absolute atomic E-state index is 9.99. The van der Waals surface area contributed by atoms with E-state index in [0.29, 0.717) is 26.4 Å². The molecular weight excluding hydrogens is 246 g/mol. The fourth-order valence-electron chi connectivity index (χ4n) is 2.79. The van der Waals surface area contributed by atoms with Crippen molar-refractivity contribution in [1.29, 1.82) is 0 Å². The van der Waals surface area contributed by atoms with E-state index in [-0.39, 0.29) is 11.2 Å². The van der Waals surface area contributed by atoms with Gasteiger partial charge in [0.25, 0.3) is 0 Å². The Morgan fingerprint density at radius 1 is 1.16 bits per heavy atom. The van der Waals surface area contributed by atoms with Gasteiger partial charge in [-0.25, -0.2) is 0 Å². The van der Waals surface area contributed by atoms with Crippen LogP contribution in [0.3, 0.4) is 0 Å². The van der Waals surface area contributed by atoms with Gasteiger partial charge in [0.2, 0.25) is 0 Å². The zero-order valence-corrected chi connectivity index (χ0v) is 12.9. The number of hydrogen-bond donors (Lipinski definition) is 1. The molecule has 1 aliphatic rings. The van der Waals surface area contributed by atoms with Gasteiger partial charge in [0, 0.05) is 26.7 Å². The molecule has 114 valence electrons. The lowest BCUT2D eigenvalue weighted by Crippen LogP contribution is -2.58. The molecule has 0 amide bonds. The van der Waals surface area contributed by atoms with Crippen molar-refractivity contribution in [3.8, 4) is 0 Å². The molecule has 1 rings (SSSR count). The minimum absolute atomic E-state index is 0.182. The number of morpholine rings is 1. The molecule has 0 aromatic carbocycles. The molecule has 0 bridgehead atoms. The van der Waals surface area contributed by atoms with Crippen molar-refractivity contribution >= 4 is 0 Å². The Morgan fingerprint density at radius 3 is 2.26 bits per heavy atom. The SMILES string of the molecule is COCCOCC(O)CN1CC(C)(C)OC(C)(C)C1. The highest BCUT2D eigenvalue weighted by atomic mass is 16.5. The van der Waals surface area contributed by atoms with Crippen molar-refractivity contribution in [1.82, 2.24) is 4.90 Å². The van der Waals surface area contributed by atoms with Gasteiger partial charge in [-0.1, -0.05) is 0 Å². The molecule has 5 heteroatoms. The number of methoxy groups -OCH3 is 1. The Morgan fingerprint density at radius 2 is 1.74 bits per heavy atom. The highest BCUT2D eigenvalue weighted by Gasteiger charge is 2.38. The molecule has 1 atom stereocenters. The van der Waals surface area contributed by atoms with E-state index in [1.807, 2.05) is 0 Å². The van der Waals surface area contributed by atoms with E-state index in [1.165, 1.54) is 0 Å². The zero-order valence-electron chi connectivity index (χ0n) is 12.9. The number of β-amino-alcohol motifs (C(OH)–C–C–N with tert-alkyl or cyclic N) is 1. The van der Waals surface area contributed by atoms with E-state index in [0.717, 1.165) is 13.1 Å². The summed E-state index contributed by atoms with van der Waals surface area (Å²) in [5, 5.41) is 9.99. The van der Waals surface area contributed by atoms with Crippen LogP contribution in [0.25, 0.3) is 0 Å². The second-order valence-corrected chi connectivity index (χ2v) is 6.51. The largest absolute Gasteiger partial charge is 0.389 e. The van der Waals surface area contributed by atoms with E-state index >= 15 is 0 Å². The lowest BCUT2D eigenvalue weighted by molar-refractivity contribution is -0.184. The van der Waals surface area contributed by atoms with Crippen LogP contribution in [0, 0.1) is 0 Å². The van der Waals surface area contributed by atoms with Gasteiger partial charge in [-0.2, -0.15) is 0 Å². The average Bonchev–Trinajstić information content (AvgIpc) is 2.19. The third-order valence-corrected chi connectivity index (χ3v) is 2.97. The minimum Gasteiger partial charge on any atom is -0.389 e. The Labute approximate surface area is 116 Å². The van der Waals surface area contributed by atoms with Crippen molar-refractivity contribution in [2.75, 3.05) is 46.6 Å². The fourth-order valence-corrected chi connectivity index (χ4v) is 2.79. The van der Waals surface area contributed by atoms with Gasteiger partial charge in [-0.05, 0) is 27.7 Å². The molecule has 0 aromatic heterocycles. The number of ether oxygens (including phenoxy) is 3. The Kier molecular flexibility index (Phi) is 6.20. The number of rotatable bonds is 7. The van der Waals surface area contributed by atoms with E-state index in [9.17, 15) is 5.11 Å². The van der Waals surface area contributed by atoms with Crippen molar-refractivity contribution in [3.05, 3.63) is 0 Å². The monoisotopic (exact) mass is 275 g/mol. The predicted octanol–water partition coefficient (Wildman–Crippen LogP) is 0.900. The van der Waals surface area contributed by atoms with Crippen LogP contribution in [0.5, 0.6) is 0 Å². The number of hydrogen-bond acceptors (Lipinski definition) is 5. The van der Waals surface area contributed by atoms with Gasteiger partial charge < -0.3 is 19.3 Å². The Bertz CT molecular complexity index is 252. The van der Waals surface area contributed by atoms with Crippen LogP contribution in [-0.4, -0.2) is 73.9 Å². The summed E-state index contributed by atoms with van der Waals surface area (Å²) in [6.45, 7) is 12.0. The van der Waals surface area contributed by atoms with Crippen LogP contribution in [0.1, 0.15) is 27.7 Å². The number of aliphatic hydroxyl groups excluding tert-OH is 1. The van der Waals surface area contributed by atoms with Gasteiger partial charge in [-0.3, -0.25) is 4.90 Å². The normalized spacial score (nSPS) is 24.3. The van der Waals surface area contributed by atoms with Crippen LogP contribution < -0.4 is 0 Å². The van der Waals surface area contributed by atoms with E-state index in [4.69, 9.17) is 14.2 Å². The second-order valence-electron chi connectivity index (χ2n) is 6.51. The molecule has 0 radical (unpaired) electrons. The summed E-state index contributed by atoms with van der Waals surface area (Å²) < 4.78 is 16.3. The molecule has 0 saturated carbocycles. The summed E-state index contributed by atoms with van der Waals surface area (Å²) in [6, 6.07) is 0. The van der Waals surface area contributed by atoms with E-state index < -0.39 is 6.10 Å². The molecule has 1 heterocycles. The first-order valence-corrected chi connectivity index (χ1v) is 6.91. The van der Waals surface area contributed by atoms with Gasteiger partial charge in [0.15, 0.2) is 0 Å². The minimum atomic E-state index is -0.471. The van der Waals surface area contributed by atoms with Gasteiger partial charge >= 0.3 is 0 Å². The summed E-state index contributed by atoms with van der Waals surface area (Å²) >= 11 is 0. The molecule has 5 nitrogen and oxygen atoms in total. The van der Waals surface area contributed by atoms with Gasteiger partial charge in [0.05, 0.1) is 37.1 Å². The molecule has 1 unspecified atom stereocenters. The molecule has 1 aliphatic heterocycles. The third kappa shape index (κ3) is 6.68. The van der Waals surface area contributed by atoms with Gasteiger partial charge in [-0.15, -0.1) is 0 Å². The lowest BCUT2D eigenvalue weighted by Gasteiger charge is -2.47. The molecule has 0 spiro atoms. The molecule has 1 N–H and O–H groups in total. The third-order valence-electron chi connectivity index (χ3n) is 2.97. The highest BCUT2D eigenvalue weighted by molar-refractivity contribution is 4.89. The molecule has 1 fully saturated rings. The first kappa shape index (κ1) is 16.9. The summed E-state index contributed by atoms with van der Waals surface area (Å²) in [6.07, 6.45) is -0.471. The fraction of sp³-hybridized carbons (Fsp3) is 1.00. The Hall–Kier alpha value is -0.200. The Balaban J connectivity index is 2.34. The van der Waals surface area contributed by atoms with Crippen LogP contribution in [0.15, 0.2) is 0 Å². The zero-order chi connectivity index (χ0) is 14.5. The van der Waals surface area contributed by atoms with Crippen LogP contribution in [0.4, 0.5) is 0 Å². The lowest BCUT2D eigenvalue weighted by atomic mass is 9.98. The topological polar surface area (TPSA) is 51.2 Å². The number of aliphatic hydroxyl groups is 1. The maximum Gasteiger partial charge on any atom is 0.0900 e. The quantitative estimate of drug-likeness (QED) is 0.700. The van der Waals surface area contributed by atoms with Crippen molar-refractivity contribution in [2.45, 2.75) is 45.0 Å². The molecule has 0 aliphatic carbocycles. The molecular formula is C14H29NO4. The van der Waals surface area contributed by atoms with Crippen molar-refractivity contribution in [3.63, 3.8) is 0 Å². The maximum atomic E-state index is 9.99. The van der Waals surface area contributed by atoms with Crippen LogP contribution >= 0.6 is 0 Å². The smallest absolute Gasteiger partial charge is 0.0900 e. The van der Waals surface area contributed by atoms with Crippen molar-refractivity contribution in [2.24, 2.45) is 0 Å². The van der Waals surface area contributed by atoms with E-state index in [2.05, 4.69) is 32.6 Å². The average molecular weight is 275 g/mol. The summed E-state index contributed by atoms with van der Waals surface area (Å²) in [5.41, 5.74) is -0.364. The van der Waals surface area contributed by atoms with Crippen LogP contribution in [-0.2, 0) is 14.2 Å². The first-order valence-electron chi connectivity index (χ1n) is 6.91. The van der Waals surface area contributed by atoms with Crippen molar-refractivity contribution < 1.29 is 19.3 Å². The predicted molar refractivity (Wildman–Crippen MR) is 74.4 cm³/mol. The van der Waals surface area contributed by atoms with E-state index in [1.54, 1.807) is 7.11 Å². The first-order chi connectivity index (χ1) is 8.74. The van der Waals surface area contributed by atoms with Crippen LogP contribution in [0.2, 0.25) is 0 Å². The second kappa shape index (κ2) is 6.99. The highest BCUT2D eigenvalue weighted by Crippen LogP contribution is 2.27. The standard InChI is InChI=1S/C14H29NO4/c1-13(2)10-15(11-14(3,4)19-13)8-12(16)9-18-7-6-17-5/h12,16H,6-11H2,1-5H3. The van der Waals surface area contributed by atoms with Gasteiger partial charge in [0.1, 0.15) is 0 Å². The summed E-state index contributed by atoms with van der Waals surface area (Å²) in [7, 11) is 1.64. The number of nitrogens with zero attached hydrogens (tertiary/aromatic N) is 1. The molecule has 1 saturated heterocycles. The molecule has 19 heavy (non-hydrogen) atoms. The molecule has 0 aromatic rings. The summed E-state index contributed by atoms with van der Waals surface area (Å²) in [5.74, 6) is 0.